The Morgan fingerprint density at radius 3 is 2.23 bits per heavy atom. The quantitative estimate of drug-likeness (QED) is 0.340. The standard InChI is InChI=1S/C29H44N2/c1-5-7-9-11-24-13-16-26(17-14-24)23(4)27-20-30-29(31-21-27)28-18-15-25(19-22(28)3)12-10-8-6-2/h15,18-21,23-24,26H,5-14,16-17H2,1-4H3. The summed E-state index contributed by atoms with van der Waals surface area (Å²) < 4.78 is 0. The lowest BCUT2D eigenvalue weighted by atomic mass is 9.73. The van der Waals surface area contributed by atoms with Crippen molar-refractivity contribution < 1.29 is 0 Å². The van der Waals surface area contributed by atoms with Crippen molar-refractivity contribution in [1.29, 1.82) is 0 Å². The zero-order chi connectivity index (χ0) is 22.1. The van der Waals surface area contributed by atoms with E-state index in [0.29, 0.717) is 5.92 Å². The first kappa shape index (κ1) is 24.0. The summed E-state index contributed by atoms with van der Waals surface area (Å²) in [5, 5.41) is 0. The Kier molecular flexibility index (Phi) is 9.55. The summed E-state index contributed by atoms with van der Waals surface area (Å²) in [6.07, 6.45) is 20.4. The first-order valence-electron chi connectivity index (χ1n) is 13.0. The van der Waals surface area contributed by atoms with E-state index in [4.69, 9.17) is 9.97 Å². The maximum absolute atomic E-state index is 4.78. The maximum Gasteiger partial charge on any atom is 0.159 e. The SMILES string of the molecule is CCCCCc1ccc(-c2ncc(C(C)C3CCC(CCCCC)CC3)cn2)c(C)c1. The summed E-state index contributed by atoms with van der Waals surface area (Å²) in [7, 11) is 0. The molecule has 0 aliphatic heterocycles. The van der Waals surface area contributed by atoms with Crippen molar-refractivity contribution in [3.05, 3.63) is 47.3 Å². The van der Waals surface area contributed by atoms with Crippen LogP contribution in [0.4, 0.5) is 0 Å². The number of benzene rings is 1. The average Bonchev–Trinajstić information content (AvgIpc) is 2.80. The molecule has 0 spiro atoms. The first-order valence-corrected chi connectivity index (χ1v) is 13.0. The molecule has 1 unspecified atom stereocenters. The van der Waals surface area contributed by atoms with Crippen LogP contribution < -0.4 is 0 Å². The molecule has 170 valence electrons. The van der Waals surface area contributed by atoms with E-state index in [2.05, 4.69) is 58.3 Å². The molecule has 0 amide bonds. The van der Waals surface area contributed by atoms with Crippen molar-refractivity contribution in [2.24, 2.45) is 11.8 Å². The van der Waals surface area contributed by atoms with Crippen molar-refractivity contribution in [1.82, 2.24) is 9.97 Å². The largest absolute Gasteiger partial charge is 0.236 e. The molecule has 1 aliphatic rings. The van der Waals surface area contributed by atoms with Gasteiger partial charge in [0.2, 0.25) is 0 Å². The third-order valence-electron chi connectivity index (χ3n) is 7.61. The predicted molar refractivity (Wildman–Crippen MR) is 133 cm³/mol. The van der Waals surface area contributed by atoms with Crippen LogP contribution in [-0.2, 0) is 6.42 Å². The second-order valence-corrected chi connectivity index (χ2v) is 10.0. The highest BCUT2D eigenvalue weighted by molar-refractivity contribution is 5.60. The van der Waals surface area contributed by atoms with Crippen LogP contribution in [0.5, 0.6) is 0 Å². The van der Waals surface area contributed by atoms with Crippen LogP contribution in [0.2, 0.25) is 0 Å². The monoisotopic (exact) mass is 420 g/mol. The van der Waals surface area contributed by atoms with Crippen LogP contribution in [0.25, 0.3) is 11.4 Å². The Hall–Kier alpha value is -1.70. The number of hydrogen-bond donors (Lipinski definition) is 0. The van der Waals surface area contributed by atoms with E-state index in [1.807, 2.05) is 0 Å². The van der Waals surface area contributed by atoms with Crippen LogP contribution in [0.1, 0.15) is 114 Å². The Morgan fingerprint density at radius 2 is 1.58 bits per heavy atom. The van der Waals surface area contributed by atoms with Crippen molar-refractivity contribution in [3.63, 3.8) is 0 Å². The second kappa shape index (κ2) is 12.4. The number of aryl methyl sites for hydroxylation is 2. The molecule has 3 rings (SSSR count). The molecule has 2 aromatic rings. The lowest BCUT2D eigenvalue weighted by Gasteiger charge is -2.32. The van der Waals surface area contributed by atoms with E-state index < -0.39 is 0 Å². The van der Waals surface area contributed by atoms with E-state index in [1.54, 1.807) is 0 Å². The third-order valence-corrected chi connectivity index (χ3v) is 7.61. The summed E-state index contributed by atoms with van der Waals surface area (Å²) in [4.78, 5) is 9.57. The number of unbranched alkanes of at least 4 members (excludes halogenated alkanes) is 4. The summed E-state index contributed by atoms with van der Waals surface area (Å²) in [5.41, 5.74) is 5.21. The minimum atomic E-state index is 0.563. The van der Waals surface area contributed by atoms with Crippen molar-refractivity contribution in [2.75, 3.05) is 0 Å². The smallest absolute Gasteiger partial charge is 0.159 e. The molecule has 2 heteroatoms. The van der Waals surface area contributed by atoms with E-state index in [-0.39, 0.29) is 0 Å². The summed E-state index contributed by atoms with van der Waals surface area (Å²) in [5.74, 6) is 3.20. The molecule has 2 nitrogen and oxygen atoms in total. The first-order chi connectivity index (χ1) is 15.1. The molecule has 0 radical (unpaired) electrons. The lowest BCUT2D eigenvalue weighted by molar-refractivity contribution is 0.236. The number of hydrogen-bond acceptors (Lipinski definition) is 2. The van der Waals surface area contributed by atoms with Gasteiger partial charge in [0, 0.05) is 18.0 Å². The van der Waals surface area contributed by atoms with Gasteiger partial charge in [0.15, 0.2) is 5.82 Å². The molecule has 31 heavy (non-hydrogen) atoms. The fourth-order valence-electron chi connectivity index (χ4n) is 5.36. The Morgan fingerprint density at radius 1 is 0.903 bits per heavy atom. The molecular formula is C29H44N2. The van der Waals surface area contributed by atoms with Gasteiger partial charge in [-0.1, -0.05) is 90.3 Å². The number of aromatic nitrogens is 2. The van der Waals surface area contributed by atoms with E-state index >= 15 is 0 Å². The van der Waals surface area contributed by atoms with Crippen LogP contribution >= 0.6 is 0 Å². The minimum absolute atomic E-state index is 0.563. The topological polar surface area (TPSA) is 25.8 Å². The van der Waals surface area contributed by atoms with Crippen LogP contribution in [0.15, 0.2) is 30.6 Å². The molecular weight excluding hydrogens is 376 g/mol. The summed E-state index contributed by atoms with van der Waals surface area (Å²) >= 11 is 0. The molecule has 0 N–H and O–H groups in total. The van der Waals surface area contributed by atoms with Gasteiger partial charge in [0.1, 0.15) is 0 Å². The number of rotatable bonds is 11. The minimum Gasteiger partial charge on any atom is -0.236 e. The van der Waals surface area contributed by atoms with E-state index in [1.165, 1.54) is 99.3 Å². The van der Waals surface area contributed by atoms with Gasteiger partial charge in [-0.3, -0.25) is 0 Å². The number of nitrogens with zero attached hydrogens (tertiary/aromatic N) is 2. The maximum atomic E-state index is 4.78. The van der Waals surface area contributed by atoms with Crippen LogP contribution in [0.3, 0.4) is 0 Å². The molecule has 0 bridgehead atoms. The Labute approximate surface area is 191 Å². The van der Waals surface area contributed by atoms with Crippen molar-refractivity contribution in [2.45, 2.75) is 111 Å². The lowest BCUT2D eigenvalue weighted by Crippen LogP contribution is -2.19. The zero-order valence-corrected chi connectivity index (χ0v) is 20.5. The van der Waals surface area contributed by atoms with Crippen LogP contribution in [0, 0.1) is 18.8 Å². The van der Waals surface area contributed by atoms with Gasteiger partial charge in [0.25, 0.3) is 0 Å². The van der Waals surface area contributed by atoms with E-state index in [9.17, 15) is 0 Å². The summed E-state index contributed by atoms with van der Waals surface area (Å²) in [6, 6.07) is 6.80. The molecule has 1 saturated carbocycles. The molecule has 1 fully saturated rings. The fraction of sp³-hybridized carbons (Fsp3) is 0.655. The molecule has 1 aromatic heterocycles. The van der Waals surface area contributed by atoms with Gasteiger partial charge >= 0.3 is 0 Å². The molecule has 1 aliphatic carbocycles. The highest BCUT2D eigenvalue weighted by Gasteiger charge is 2.26. The average molecular weight is 421 g/mol. The fourth-order valence-corrected chi connectivity index (χ4v) is 5.36. The zero-order valence-electron chi connectivity index (χ0n) is 20.5. The molecule has 1 atom stereocenters. The van der Waals surface area contributed by atoms with E-state index in [0.717, 1.165) is 17.7 Å². The summed E-state index contributed by atoms with van der Waals surface area (Å²) in [6.45, 7) is 9.14. The highest BCUT2D eigenvalue weighted by Crippen LogP contribution is 2.39. The van der Waals surface area contributed by atoms with Gasteiger partial charge in [-0.25, -0.2) is 9.97 Å². The van der Waals surface area contributed by atoms with Gasteiger partial charge in [-0.15, -0.1) is 0 Å². The highest BCUT2D eigenvalue weighted by atomic mass is 14.9. The molecule has 1 aromatic carbocycles. The van der Waals surface area contributed by atoms with Gasteiger partial charge in [-0.05, 0) is 67.1 Å². The normalized spacial score (nSPS) is 20.0. The van der Waals surface area contributed by atoms with Crippen molar-refractivity contribution >= 4 is 0 Å². The Bertz CT molecular complexity index is 772. The van der Waals surface area contributed by atoms with Crippen LogP contribution in [-0.4, -0.2) is 9.97 Å². The second-order valence-electron chi connectivity index (χ2n) is 10.0. The third kappa shape index (κ3) is 6.89. The molecule has 0 saturated heterocycles. The van der Waals surface area contributed by atoms with Gasteiger partial charge in [-0.2, -0.15) is 0 Å². The van der Waals surface area contributed by atoms with Gasteiger partial charge in [0.05, 0.1) is 0 Å². The predicted octanol–water partition coefficient (Wildman–Crippen LogP) is 8.67. The van der Waals surface area contributed by atoms with Gasteiger partial charge < -0.3 is 0 Å². The molecule has 1 heterocycles. The van der Waals surface area contributed by atoms with Crippen molar-refractivity contribution in [3.8, 4) is 11.4 Å². The Balaban J connectivity index is 1.56.